The molecule has 1 aliphatic heterocycles. The summed E-state index contributed by atoms with van der Waals surface area (Å²) in [5.74, 6) is 1.60. The first-order valence-corrected chi connectivity index (χ1v) is 9.90. The largest absolute Gasteiger partial charge is 0.497 e. The van der Waals surface area contributed by atoms with Crippen LogP contribution < -0.4 is 29.6 Å². The third-order valence-corrected chi connectivity index (χ3v) is 4.87. The van der Waals surface area contributed by atoms with Gasteiger partial charge in [0.2, 0.25) is 6.10 Å². The summed E-state index contributed by atoms with van der Waals surface area (Å²) < 4.78 is 21.8. The number of anilines is 2. The SMILES string of the molecule is COc1ccc(NC(=O)c2ccc(NC(=O)[C@@H]3COc4ccccc4O3)cc2)c(OC)c1. The highest BCUT2D eigenvalue weighted by atomic mass is 16.6. The molecule has 2 amide bonds. The number of carbonyl (C=O) groups excluding carboxylic acids is 2. The van der Waals surface area contributed by atoms with E-state index in [-0.39, 0.29) is 18.4 Å². The molecule has 8 heteroatoms. The predicted molar refractivity (Wildman–Crippen MR) is 119 cm³/mol. The average Bonchev–Trinajstić information content (AvgIpc) is 2.84. The lowest BCUT2D eigenvalue weighted by atomic mass is 10.1. The molecular weight excluding hydrogens is 412 g/mol. The molecule has 1 heterocycles. The second-order valence-corrected chi connectivity index (χ2v) is 6.95. The summed E-state index contributed by atoms with van der Waals surface area (Å²) in [6.45, 7) is 0.118. The number of para-hydroxylation sites is 2. The summed E-state index contributed by atoms with van der Waals surface area (Å²) in [5, 5.41) is 5.59. The lowest BCUT2D eigenvalue weighted by Crippen LogP contribution is -2.40. The van der Waals surface area contributed by atoms with Crippen LogP contribution in [0.3, 0.4) is 0 Å². The molecule has 4 rings (SSSR count). The Labute approximate surface area is 185 Å². The standard InChI is InChI=1S/C24H22N2O6/c1-29-17-11-12-18(21(13-17)30-2)26-23(27)15-7-9-16(10-8-15)25-24(28)22-14-31-19-5-3-4-6-20(19)32-22/h3-13,22H,14H2,1-2H3,(H,25,28)(H,26,27)/t22-/m0/s1. The molecule has 0 saturated carbocycles. The van der Waals surface area contributed by atoms with Gasteiger partial charge in [-0.1, -0.05) is 12.1 Å². The monoisotopic (exact) mass is 434 g/mol. The summed E-state index contributed by atoms with van der Waals surface area (Å²) in [6, 6.07) is 18.8. The van der Waals surface area contributed by atoms with E-state index < -0.39 is 6.10 Å². The van der Waals surface area contributed by atoms with Gasteiger partial charge in [-0.2, -0.15) is 0 Å². The number of ether oxygens (including phenoxy) is 4. The lowest BCUT2D eigenvalue weighted by Gasteiger charge is -2.25. The highest BCUT2D eigenvalue weighted by molar-refractivity contribution is 6.05. The predicted octanol–water partition coefficient (Wildman–Crippen LogP) is 3.73. The molecule has 0 unspecified atom stereocenters. The maximum Gasteiger partial charge on any atom is 0.269 e. The van der Waals surface area contributed by atoms with E-state index in [1.165, 1.54) is 7.11 Å². The summed E-state index contributed by atoms with van der Waals surface area (Å²) >= 11 is 0. The van der Waals surface area contributed by atoms with Crippen LogP contribution in [0.5, 0.6) is 23.0 Å². The van der Waals surface area contributed by atoms with Crippen molar-refractivity contribution in [1.82, 2.24) is 0 Å². The molecule has 3 aromatic carbocycles. The normalized spacial score (nSPS) is 14.2. The fourth-order valence-electron chi connectivity index (χ4n) is 3.17. The Hall–Kier alpha value is -4.20. The summed E-state index contributed by atoms with van der Waals surface area (Å²) in [6.07, 6.45) is -0.768. The molecule has 1 aliphatic rings. The van der Waals surface area contributed by atoms with Gasteiger partial charge in [-0.3, -0.25) is 9.59 Å². The van der Waals surface area contributed by atoms with Gasteiger partial charge in [0.05, 0.1) is 19.9 Å². The first-order chi connectivity index (χ1) is 15.6. The maximum absolute atomic E-state index is 12.6. The molecule has 8 nitrogen and oxygen atoms in total. The van der Waals surface area contributed by atoms with Crippen molar-refractivity contribution < 1.29 is 28.5 Å². The number of carbonyl (C=O) groups is 2. The number of hydrogen-bond donors (Lipinski definition) is 2. The minimum absolute atomic E-state index is 0.118. The van der Waals surface area contributed by atoms with Crippen LogP contribution in [0.15, 0.2) is 66.7 Å². The Morgan fingerprint density at radius 1 is 0.906 bits per heavy atom. The highest BCUT2D eigenvalue weighted by Crippen LogP contribution is 2.31. The van der Waals surface area contributed by atoms with E-state index in [4.69, 9.17) is 18.9 Å². The Kier molecular flexibility index (Phi) is 6.12. The van der Waals surface area contributed by atoms with E-state index in [2.05, 4.69) is 10.6 Å². The second-order valence-electron chi connectivity index (χ2n) is 6.95. The highest BCUT2D eigenvalue weighted by Gasteiger charge is 2.27. The van der Waals surface area contributed by atoms with E-state index in [0.29, 0.717) is 39.9 Å². The van der Waals surface area contributed by atoms with Crippen LogP contribution in [-0.4, -0.2) is 38.7 Å². The Bertz CT molecular complexity index is 1130. The number of benzene rings is 3. The molecule has 0 saturated heterocycles. The number of methoxy groups -OCH3 is 2. The number of fused-ring (bicyclic) bond motifs is 1. The lowest BCUT2D eigenvalue weighted by molar-refractivity contribution is -0.125. The molecule has 0 bridgehead atoms. The zero-order valence-corrected chi connectivity index (χ0v) is 17.6. The zero-order valence-electron chi connectivity index (χ0n) is 17.6. The fourth-order valence-corrected chi connectivity index (χ4v) is 3.17. The molecular formula is C24H22N2O6. The molecule has 0 fully saturated rings. The second kappa shape index (κ2) is 9.30. The van der Waals surface area contributed by atoms with Crippen molar-refractivity contribution in [1.29, 1.82) is 0 Å². The molecule has 3 aromatic rings. The van der Waals surface area contributed by atoms with Gasteiger partial charge in [-0.15, -0.1) is 0 Å². The van der Waals surface area contributed by atoms with Crippen molar-refractivity contribution in [2.75, 3.05) is 31.5 Å². The van der Waals surface area contributed by atoms with Crippen LogP contribution in [0.2, 0.25) is 0 Å². The van der Waals surface area contributed by atoms with Crippen molar-refractivity contribution >= 4 is 23.2 Å². The van der Waals surface area contributed by atoms with Gasteiger partial charge in [0.25, 0.3) is 11.8 Å². The Balaban J connectivity index is 1.38. The smallest absolute Gasteiger partial charge is 0.269 e. The van der Waals surface area contributed by atoms with Gasteiger partial charge in [-0.05, 0) is 48.5 Å². The summed E-state index contributed by atoms with van der Waals surface area (Å²) in [4.78, 5) is 25.2. The van der Waals surface area contributed by atoms with E-state index >= 15 is 0 Å². The van der Waals surface area contributed by atoms with Crippen LogP contribution in [-0.2, 0) is 4.79 Å². The van der Waals surface area contributed by atoms with Gasteiger partial charge in [0.15, 0.2) is 11.5 Å². The van der Waals surface area contributed by atoms with E-state index in [9.17, 15) is 9.59 Å². The number of hydrogen-bond acceptors (Lipinski definition) is 6. The van der Waals surface area contributed by atoms with E-state index in [1.807, 2.05) is 12.1 Å². The van der Waals surface area contributed by atoms with Crippen molar-refractivity contribution in [3.05, 3.63) is 72.3 Å². The van der Waals surface area contributed by atoms with Gasteiger partial charge < -0.3 is 29.6 Å². The topological polar surface area (TPSA) is 95.1 Å². The van der Waals surface area contributed by atoms with Gasteiger partial charge >= 0.3 is 0 Å². The van der Waals surface area contributed by atoms with Crippen LogP contribution in [0, 0.1) is 0 Å². The molecule has 32 heavy (non-hydrogen) atoms. The molecule has 164 valence electrons. The zero-order chi connectivity index (χ0) is 22.5. The van der Waals surface area contributed by atoms with Crippen LogP contribution in [0.4, 0.5) is 11.4 Å². The van der Waals surface area contributed by atoms with Crippen LogP contribution in [0.1, 0.15) is 10.4 Å². The summed E-state index contributed by atoms with van der Waals surface area (Å²) in [5.41, 5.74) is 1.48. The first-order valence-electron chi connectivity index (χ1n) is 9.90. The van der Waals surface area contributed by atoms with Crippen molar-refractivity contribution in [2.45, 2.75) is 6.10 Å². The average molecular weight is 434 g/mol. The molecule has 0 aromatic heterocycles. The Morgan fingerprint density at radius 3 is 2.38 bits per heavy atom. The molecule has 0 aliphatic carbocycles. The fraction of sp³-hybridized carbons (Fsp3) is 0.167. The third kappa shape index (κ3) is 4.59. The van der Waals surface area contributed by atoms with E-state index in [0.717, 1.165) is 0 Å². The molecule has 0 spiro atoms. The minimum atomic E-state index is -0.768. The van der Waals surface area contributed by atoms with E-state index in [1.54, 1.807) is 61.7 Å². The van der Waals surface area contributed by atoms with Gasteiger partial charge in [-0.25, -0.2) is 0 Å². The number of nitrogens with one attached hydrogen (secondary N) is 2. The molecule has 0 radical (unpaired) electrons. The summed E-state index contributed by atoms with van der Waals surface area (Å²) in [7, 11) is 3.07. The van der Waals surface area contributed by atoms with Crippen molar-refractivity contribution in [3.63, 3.8) is 0 Å². The van der Waals surface area contributed by atoms with Crippen LogP contribution >= 0.6 is 0 Å². The number of rotatable bonds is 6. The molecule has 2 N–H and O–H groups in total. The van der Waals surface area contributed by atoms with Crippen LogP contribution in [0.25, 0.3) is 0 Å². The van der Waals surface area contributed by atoms with Crippen molar-refractivity contribution in [3.8, 4) is 23.0 Å². The Morgan fingerprint density at radius 2 is 1.66 bits per heavy atom. The minimum Gasteiger partial charge on any atom is -0.497 e. The third-order valence-electron chi connectivity index (χ3n) is 4.87. The van der Waals surface area contributed by atoms with Gasteiger partial charge in [0.1, 0.15) is 18.1 Å². The maximum atomic E-state index is 12.6. The number of amides is 2. The quantitative estimate of drug-likeness (QED) is 0.614. The first kappa shape index (κ1) is 21.0. The molecule has 1 atom stereocenters. The van der Waals surface area contributed by atoms with Gasteiger partial charge in [0, 0.05) is 17.3 Å². The van der Waals surface area contributed by atoms with Crippen molar-refractivity contribution in [2.24, 2.45) is 0 Å².